The number of hydrogen-bond donors (Lipinski definition) is 1. The van der Waals surface area contributed by atoms with E-state index in [-0.39, 0.29) is 5.91 Å². The molecule has 0 aliphatic heterocycles. The summed E-state index contributed by atoms with van der Waals surface area (Å²) in [6.07, 6.45) is 0. The number of hydrogen-bond acceptors (Lipinski definition) is 2. The fraction of sp³-hybridized carbons (Fsp3) is 0.235. The van der Waals surface area contributed by atoms with Crippen molar-refractivity contribution >= 4 is 40.9 Å². The average Bonchev–Trinajstić information content (AvgIpc) is 2.48. The van der Waals surface area contributed by atoms with E-state index in [1.54, 1.807) is 17.8 Å². The lowest BCUT2D eigenvalue weighted by molar-refractivity contribution is 0.0956. The molecule has 116 valence electrons. The van der Waals surface area contributed by atoms with Crippen molar-refractivity contribution in [3.05, 3.63) is 69.2 Å². The van der Waals surface area contributed by atoms with Crippen LogP contribution in [0, 0.1) is 6.92 Å². The van der Waals surface area contributed by atoms with Gasteiger partial charge in [0, 0.05) is 33.7 Å². The van der Waals surface area contributed by atoms with Gasteiger partial charge in [-0.25, -0.2) is 0 Å². The predicted octanol–water partition coefficient (Wildman–Crippen LogP) is 4.97. The Labute approximate surface area is 145 Å². The van der Waals surface area contributed by atoms with Gasteiger partial charge in [0.15, 0.2) is 0 Å². The topological polar surface area (TPSA) is 29.1 Å². The summed E-state index contributed by atoms with van der Waals surface area (Å²) in [7, 11) is 0. The second kappa shape index (κ2) is 8.47. The van der Waals surface area contributed by atoms with E-state index in [2.05, 4.69) is 5.32 Å². The maximum absolute atomic E-state index is 12.0. The van der Waals surface area contributed by atoms with E-state index in [4.69, 9.17) is 23.2 Å². The predicted molar refractivity (Wildman–Crippen MR) is 96.1 cm³/mol. The number of benzene rings is 2. The summed E-state index contributed by atoms with van der Waals surface area (Å²) in [4.78, 5) is 12.0. The monoisotopic (exact) mass is 353 g/mol. The summed E-state index contributed by atoms with van der Waals surface area (Å²) in [5, 5.41) is 4.25. The molecule has 0 radical (unpaired) electrons. The molecular weight excluding hydrogens is 337 g/mol. The number of amides is 1. The summed E-state index contributed by atoms with van der Waals surface area (Å²) >= 11 is 13.7. The molecule has 0 fully saturated rings. The molecule has 2 aromatic carbocycles. The minimum absolute atomic E-state index is 0.0335. The van der Waals surface area contributed by atoms with Crippen LogP contribution >= 0.6 is 35.0 Å². The Morgan fingerprint density at radius 3 is 2.73 bits per heavy atom. The first-order valence-corrected chi connectivity index (χ1v) is 8.84. The largest absolute Gasteiger partial charge is 0.351 e. The molecule has 0 saturated heterocycles. The fourth-order valence-corrected chi connectivity index (χ4v) is 3.36. The molecule has 0 spiro atoms. The molecule has 0 heterocycles. The molecule has 0 saturated carbocycles. The molecule has 0 unspecified atom stereocenters. The van der Waals surface area contributed by atoms with Crippen LogP contribution < -0.4 is 5.32 Å². The average molecular weight is 354 g/mol. The standard InChI is InChI=1S/C17H17Cl2NOS/c1-12-3-2-4-13(9-12)17(21)20-7-8-22-11-14-5-6-15(18)10-16(14)19/h2-6,9-10H,7-8,11H2,1H3,(H,20,21). The Hall–Kier alpha value is -1.16. The highest BCUT2D eigenvalue weighted by atomic mass is 35.5. The normalized spacial score (nSPS) is 10.5. The molecule has 2 nitrogen and oxygen atoms in total. The molecule has 2 rings (SSSR count). The molecule has 0 aromatic heterocycles. The second-order valence-electron chi connectivity index (χ2n) is 4.91. The summed E-state index contributed by atoms with van der Waals surface area (Å²) < 4.78 is 0. The van der Waals surface area contributed by atoms with Gasteiger partial charge < -0.3 is 5.32 Å². The van der Waals surface area contributed by atoms with Crippen LogP contribution in [-0.4, -0.2) is 18.2 Å². The number of rotatable bonds is 6. The third kappa shape index (κ3) is 5.24. The van der Waals surface area contributed by atoms with Crippen LogP contribution in [0.3, 0.4) is 0 Å². The zero-order valence-electron chi connectivity index (χ0n) is 12.2. The second-order valence-corrected chi connectivity index (χ2v) is 6.86. The number of aryl methyl sites for hydroxylation is 1. The van der Waals surface area contributed by atoms with Crippen LogP contribution in [0.4, 0.5) is 0 Å². The third-order valence-electron chi connectivity index (χ3n) is 3.08. The van der Waals surface area contributed by atoms with Crippen molar-refractivity contribution in [1.29, 1.82) is 0 Å². The Balaban J connectivity index is 1.72. The third-order valence-corrected chi connectivity index (χ3v) is 4.68. The van der Waals surface area contributed by atoms with Gasteiger partial charge in [0.1, 0.15) is 0 Å². The molecule has 2 aromatic rings. The molecule has 1 N–H and O–H groups in total. The maximum atomic E-state index is 12.0. The van der Waals surface area contributed by atoms with E-state index in [9.17, 15) is 4.79 Å². The van der Waals surface area contributed by atoms with Crippen molar-refractivity contribution in [2.75, 3.05) is 12.3 Å². The lowest BCUT2D eigenvalue weighted by atomic mass is 10.1. The number of carbonyl (C=O) groups excluding carboxylic acids is 1. The van der Waals surface area contributed by atoms with Gasteiger partial charge in [0.05, 0.1) is 0 Å². The minimum Gasteiger partial charge on any atom is -0.351 e. The maximum Gasteiger partial charge on any atom is 0.251 e. The number of halogens is 2. The van der Waals surface area contributed by atoms with Gasteiger partial charge in [-0.2, -0.15) is 11.8 Å². The number of thioether (sulfide) groups is 1. The molecule has 1 amide bonds. The SMILES string of the molecule is Cc1cccc(C(=O)NCCSCc2ccc(Cl)cc2Cl)c1. The van der Waals surface area contributed by atoms with Crippen molar-refractivity contribution in [2.45, 2.75) is 12.7 Å². The highest BCUT2D eigenvalue weighted by Gasteiger charge is 2.05. The summed E-state index contributed by atoms with van der Waals surface area (Å²) in [5.41, 5.74) is 2.84. The Morgan fingerprint density at radius 1 is 1.18 bits per heavy atom. The van der Waals surface area contributed by atoms with Crippen LogP contribution in [0.1, 0.15) is 21.5 Å². The molecule has 5 heteroatoms. The lowest BCUT2D eigenvalue weighted by Crippen LogP contribution is -2.25. The van der Waals surface area contributed by atoms with Crippen molar-refractivity contribution < 1.29 is 4.79 Å². The molecule has 0 aliphatic rings. The van der Waals surface area contributed by atoms with Gasteiger partial charge in [-0.05, 0) is 36.8 Å². The molecule has 0 aliphatic carbocycles. The number of carbonyl (C=O) groups is 1. The van der Waals surface area contributed by atoms with E-state index >= 15 is 0 Å². The Morgan fingerprint density at radius 2 is 2.00 bits per heavy atom. The highest BCUT2D eigenvalue weighted by Crippen LogP contribution is 2.24. The van der Waals surface area contributed by atoms with E-state index < -0.39 is 0 Å². The Bertz CT molecular complexity index is 661. The van der Waals surface area contributed by atoms with Crippen LogP contribution in [0.5, 0.6) is 0 Å². The van der Waals surface area contributed by atoms with Gasteiger partial charge in [0.25, 0.3) is 5.91 Å². The summed E-state index contributed by atoms with van der Waals surface area (Å²) in [5.74, 6) is 1.60. The van der Waals surface area contributed by atoms with Crippen molar-refractivity contribution in [1.82, 2.24) is 5.32 Å². The van der Waals surface area contributed by atoms with E-state index in [1.165, 1.54) is 0 Å². The fourth-order valence-electron chi connectivity index (χ4n) is 1.95. The molecule has 0 bridgehead atoms. The van der Waals surface area contributed by atoms with E-state index in [0.717, 1.165) is 22.6 Å². The van der Waals surface area contributed by atoms with Crippen molar-refractivity contribution in [3.63, 3.8) is 0 Å². The highest BCUT2D eigenvalue weighted by molar-refractivity contribution is 7.98. The van der Waals surface area contributed by atoms with Gasteiger partial charge in [-0.15, -0.1) is 0 Å². The van der Waals surface area contributed by atoms with Gasteiger partial charge >= 0.3 is 0 Å². The quantitative estimate of drug-likeness (QED) is 0.743. The van der Waals surface area contributed by atoms with E-state index in [1.807, 2.05) is 43.3 Å². The molecular formula is C17H17Cl2NOS. The first kappa shape index (κ1) is 17.2. The van der Waals surface area contributed by atoms with Crippen LogP contribution in [0.15, 0.2) is 42.5 Å². The lowest BCUT2D eigenvalue weighted by Gasteiger charge is -2.07. The zero-order chi connectivity index (χ0) is 15.9. The summed E-state index contributed by atoms with van der Waals surface area (Å²) in [6.45, 7) is 2.60. The van der Waals surface area contributed by atoms with Crippen LogP contribution in [0.25, 0.3) is 0 Å². The van der Waals surface area contributed by atoms with Gasteiger partial charge in [-0.1, -0.05) is 47.0 Å². The Kier molecular flexibility index (Phi) is 6.62. The zero-order valence-corrected chi connectivity index (χ0v) is 14.6. The van der Waals surface area contributed by atoms with Crippen LogP contribution in [-0.2, 0) is 5.75 Å². The summed E-state index contributed by atoms with van der Waals surface area (Å²) in [6, 6.07) is 13.1. The first-order valence-electron chi connectivity index (χ1n) is 6.93. The van der Waals surface area contributed by atoms with Gasteiger partial charge in [-0.3, -0.25) is 4.79 Å². The van der Waals surface area contributed by atoms with Crippen molar-refractivity contribution in [3.8, 4) is 0 Å². The van der Waals surface area contributed by atoms with Gasteiger partial charge in [0.2, 0.25) is 0 Å². The molecule has 22 heavy (non-hydrogen) atoms. The molecule has 0 atom stereocenters. The van der Waals surface area contributed by atoms with E-state index in [0.29, 0.717) is 22.2 Å². The number of nitrogens with one attached hydrogen (secondary N) is 1. The smallest absolute Gasteiger partial charge is 0.251 e. The van der Waals surface area contributed by atoms with Crippen LogP contribution in [0.2, 0.25) is 10.0 Å². The van der Waals surface area contributed by atoms with Crippen molar-refractivity contribution in [2.24, 2.45) is 0 Å². The first-order chi connectivity index (χ1) is 10.6. The minimum atomic E-state index is -0.0335.